The Morgan fingerprint density at radius 3 is 2.61 bits per heavy atom. The Hall–Kier alpha value is -2.14. The predicted molar refractivity (Wildman–Crippen MR) is 65.3 cm³/mol. The van der Waals surface area contributed by atoms with Gasteiger partial charge in [-0.1, -0.05) is 17.7 Å². The summed E-state index contributed by atoms with van der Waals surface area (Å²) in [5.74, 6) is -0.617. The lowest BCUT2D eigenvalue weighted by atomic mass is 10.1. The van der Waals surface area contributed by atoms with Crippen LogP contribution in [0, 0.1) is 6.92 Å². The van der Waals surface area contributed by atoms with E-state index in [0.29, 0.717) is 10.8 Å². The average molecular weight is 265 g/mol. The van der Waals surface area contributed by atoms with E-state index in [4.69, 9.17) is 21.4 Å². The van der Waals surface area contributed by atoms with Crippen molar-refractivity contribution in [2.24, 2.45) is 0 Å². The van der Waals surface area contributed by atoms with E-state index in [1.807, 2.05) is 0 Å². The van der Waals surface area contributed by atoms with Gasteiger partial charge in [0.1, 0.15) is 5.75 Å². The average Bonchev–Trinajstić information content (AvgIpc) is 2.34. The molecule has 0 amide bonds. The molecule has 2 aromatic rings. The lowest BCUT2D eigenvalue weighted by Gasteiger charge is -2.07. The number of carboxylic acids is 1. The summed E-state index contributed by atoms with van der Waals surface area (Å²) in [6, 6.07) is 4.71. The number of rotatable bonds is 3. The molecule has 0 bridgehead atoms. The molecular weight excluding hydrogens is 256 g/mol. The zero-order valence-electron chi connectivity index (χ0n) is 9.42. The van der Waals surface area contributed by atoms with Gasteiger partial charge in [-0.3, -0.25) is 0 Å². The van der Waals surface area contributed by atoms with Crippen molar-refractivity contribution >= 4 is 17.6 Å². The predicted octanol–water partition coefficient (Wildman–Crippen LogP) is 2.93. The SMILES string of the molecule is Cc1ccc(C(=O)O)cc1Oc1ncc(Cl)cn1. The van der Waals surface area contributed by atoms with Crippen molar-refractivity contribution in [2.45, 2.75) is 6.92 Å². The highest BCUT2D eigenvalue weighted by Crippen LogP contribution is 2.24. The second-order valence-corrected chi connectivity index (χ2v) is 4.01. The summed E-state index contributed by atoms with van der Waals surface area (Å²) in [4.78, 5) is 18.6. The molecule has 0 spiro atoms. The molecule has 2 rings (SSSR count). The molecule has 1 aromatic carbocycles. The second-order valence-electron chi connectivity index (χ2n) is 3.57. The van der Waals surface area contributed by atoms with Gasteiger partial charge in [0.05, 0.1) is 23.0 Å². The van der Waals surface area contributed by atoms with Crippen LogP contribution in [-0.4, -0.2) is 21.0 Å². The number of carboxylic acid groups (broad SMARTS) is 1. The normalized spacial score (nSPS) is 10.1. The Morgan fingerprint density at radius 2 is 2.00 bits per heavy atom. The van der Waals surface area contributed by atoms with Gasteiger partial charge in [0.2, 0.25) is 0 Å². The largest absolute Gasteiger partial charge is 0.478 e. The van der Waals surface area contributed by atoms with Crippen LogP contribution < -0.4 is 4.74 Å². The molecule has 6 heteroatoms. The molecule has 0 aliphatic rings. The zero-order chi connectivity index (χ0) is 13.1. The Bertz CT molecular complexity index is 584. The zero-order valence-corrected chi connectivity index (χ0v) is 10.2. The summed E-state index contributed by atoms with van der Waals surface area (Å²) in [7, 11) is 0. The Labute approximate surface area is 108 Å². The summed E-state index contributed by atoms with van der Waals surface area (Å²) in [5.41, 5.74) is 0.933. The van der Waals surface area contributed by atoms with E-state index in [9.17, 15) is 4.79 Å². The maximum atomic E-state index is 10.9. The number of carbonyl (C=O) groups is 1. The number of aromatic carboxylic acids is 1. The number of benzene rings is 1. The number of aromatic nitrogens is 2. The van der Waals surface area contributed by atoms with Crippen molar-refractivity contribution in [1.29, 1.82) is 0 Å². The Morgan fingerprint density at radius 1 is 1.33 bits per heavy atom. The summed E-state index contributed by atoms with van der Waals surface area (Å²) < 4.78 is 5.41. The van der Waals surface area contributed by atoms with Gasteiger partial charge in [-0.15, -0.1) is 0 Å². The third-order valence-electron chi connectivity index (χ3n) is 2.23. The minimum atomic E-state index is -1.02. The number of halogens is 1. The van der Waals surface area contributed by atoms with Gasteiger partial charge in [-0.05, 0) is 24.6 Å². The second kappa shape index (κ2) is 5.01. The van der Waals surface area contributed by atoms with Crippen LogP contribution in [0.25, 0.3) is 0 Å². The van der Waals surface area contributed by atoms with Crippen molar-refractivity contribution in [3.05, 3.63) is 46.7 Å². The Kier molecular flexibility index (Phi) is 3.43. The first kappa shape index (κ1) is 12.3. The van der Waals surface area contributed by atoms with Crippen LogP contribution in [0.3, 0.4) is 0 Å². The quantitative estimate of drug-likeness (QED) is 0.923. The highest BCUT2D eigenvalue weighted by Gasteiger charge is 2.09. The highest BCUT2D eigenvalue weighted by molar-refractivity contribution is 6.30. The van der Waals surface area contributed by atoms with E-state index in [-0.39, 0.29) is 11.6 Å². The van der Waals surface area contributed by atoms with E-state index in [0.717, 1.165) is 5.56 Å². The fourth-order valence-corrected chi connectivity index (χ4v) is 1.39. The number of aryl methyl sites for hydroxylation is 1. The summed E-state index contributed by atoms with van der Waals surface area (Å²) in [6.45, 7) is 1.80. The van der Waals surface area contributed by atoms with Gasteiger partial charge in [-0.2, -0.15) is 0 Å². The van der Waals surface area contributed by atoms with Crippen molar-refractivity contribution in [1.82, 2.24) is 9.97 Å². The van der Waals surface area contributed by atoms with Crippen LogP contribution in [0.1, 0.15) is 15.9 Å². The summed E-state index contributed by atoms with van der Waals surface area (Å²) >= 11 is 5.65. The first-order valence-corrected chi connectivity index (χ1v) is 5.43. The van der Waals surface area contributed by atoms with Crippen molar-refractivity contribution in [3.8, 4) is 11.8 Å². The van der Waals surface area contributed by atoms with Gasteiger partial charge in [-0.25, -0.2) is 14.8 Å². The minimum absolute atomic E-state index is 0.116. The lowest BCUT2D eigenvalue weighted by Crippen LogP contribution is -1.99. The van der Waals surface area contributed by atoms with Crippen LogP contribution in [0.15, 0.2) is 30.6 Å². The Balaban J connectivity index is 2.30. The number of hydrogen-bond donors (Lipinski definition) is 1. The number of hydrogen-bond acceptors (Lipinski definition) is 4. The topological polar surface area (TPSA) is 72.3 Å². The molecule has 1 aromatic heterocycles. The molecule has 92 valence electrons. The van der Waals surface area contributed by atoms with Crippen LogP contribution in [-0.2, 0) is 0 Å². The third-order valence-corrected chi connectivity index (χ3v) is 2.43. The molecule has 1 heterocycles. The molecule has 0 fully saturated rings. The number of nitrogens with zero attached hydrogens (tertiary/aromatic N) is 2. The van der Waals surface area contributed by atoms with E-state index in [2.05, 4.69) is 9.97 Å². The first-order chi connectivity index (χ1) is 8.56. The van der Waals surface area contributed by atoms with Gasteiger partial charge in [0.25, 0.3) is 0 Å². The van der Waals surface area contributed by atoms with Crippen LogP contribution in [0.5, 0.6) is 11.8 Å². The molecule has 0 unspecified atom stereocenters. The first-order valence-electron chi connectivity index (χ1n) is 5.05. The molecular formula is C12H9ClN2O3. The van der Waals surface area contributed by atoms with Gasteiger partial charge < -0.3 is 9.84 Å². The van der Waals surface area contributed by atoms with Crippen LogP contribution in [0.4, 0.5) is 0 Å². The van der Waals surface area contributed by atoms with Crippen molar-refractivity contribution in [2.75, 3.05) is 0 Å². The fourth-order valence-electron chi connectivity index (χ4n) is 1.29. The molecule has 1 N–H and O–H groups in total. The molecule has 0 saturated heterocycles. The maximum Gasteiger partial charge on any atom is 0.335 e. The standard InChI is InChI=1S/C12H9ClN2O3/c1-7-2-3-8(11(16)17)4-10(7)18-12-14-5-9(13)6-15-12/h2-6H,1H3,(H,16,17). The lowest BCUT2D eigenvalue weighted by molar-refractivity contribution is 0.0696. The number of ether oxygens (including phenoxy) is 1. The maximum absolute atomic E-state index is 10.9. The van der Waals surface area contributed by atoms with Gasteiger partial charge in [0.15, 0.2) is 0 Å². The third kappa shape index (κ3) is 2.75. The molecule has 18 heavy (non-hydrogen) atoms. The molecule has 5 nitrogen and oxygen atoms in total. The van der Waals surface area contributed by atoms with Crippen LogP contribution >= 0.6 is 11.6 Å². The highest BCUT2D eigenvalue weighted by atomic mass is 35.5. The fraction of sp³-hybridized carbons (Fsp3) is 0.0833. The molecule has 0 aliphatic carbocycles. The van der Waals surface area contributed by atoms with Crippen molar-refractivity contribution < 1.29 is 14.6 Å². The van der Waals surface area contributed by atoms with E-state index < -0.39 is 5.97 Å². The summed E-state index contributed by atoms with van der Waals surface area (Å²) in [6.07, 6.45) is 2.81. The van der Waals surface area contributed by atoms with Gasteiger partial charge in [0, 0.05) is 0 Å². The minimum Gasteiger partial charge on any atom is -0.478 e. The van der Waals surface area contributed by atoms with Crippen LogP contribution in [0.2, 0.25) is 5.02 Å². The monoisotopic (exact) mass is 264 g/mol. The smallest absolute Gasteiger partial charge is 0.335 e. The van der Waals surface area contributed by atoms with Crippen molar-refractivity contribution in [3.63, 3.8) is 0 Å². The molecule has 0 atom stereocenters. The molecule has 0 saturated carbocycles. The van der Waals surface area contributed by atoms with E-state index in [1.165, 1.54) is 24.5 Å². The molecule has 0 aliphatic heterocycles. The summed E-state index contributed by atoms with van der Waals surface area (Å²) in [5, 5.41) is 9.30. The molecule has 0 radical (unpaired) electrons. The van der Waals surface area contributed by atoms with E-state index >= 15 is 0 Å². The van der Waals surface area contributed by atoms with Gasteiger partial charge >= 0.3 is 12.0 Å². The van der Waals surface area contributed by atoms with E-state index in [1.54, 1.807) is 13.0 Å².